The maximum atomic E-state index is 9.25. The van der Waals surface area contributed by atoms with Crippen molar-refractivity contribution in [2.75, 3.05) is 20.3 Å². The molecule has 1 aromatic carbocycles. The molecule has 34 heavy (non-hydrogen) atoms. The van der Waals surface area contributed by atoms with Gasteiger partial charge in [-0.1, -0.05) is 62.3 Å². The fraction of sp³-hybridized carbons (Fsp3) is 0.586. The molecule has 4 nitrogen and oxygen atoms in total. The van der Waals surface area contributed by atoms with Gasteiger partial charge >= 0.3 is 0 Å². The number of aliphatic hydroxyl groups excluding tert-OH is 1. The minimum atomic E-state index is -1.71. The molecule has 1 atom stereocenters. The molecule has 0 unspecified atom stereocenters. The van der Waals surface area contributed by atoms with Crippen LogP contribution in [0.1, 0.15) is 66.4 Å². The van der Waals surface area contributed by atoms with Gasteiger partial charge in [-0.2, -0.15) is 0 Å². The van der Waals surface area contributed by atoms with Gasteiger partial charge in [0.25, 0.3) is 0 Å². The van der Waals surface area contributed by atoms with E-state index in [-0.39, 0.29) is 12.7 Å². The topological polar surface area (TPSA) is 47.9 Å². The van der Waals surface area contributed by atoms with E-state index in [1.54, 1.807) is 7.11 Å². The highest BCUT2D eigenvalue weighted by Gasteiger charge is 2.32. The second-order valence-corrected chi connectivity index (χ2v) is 13.9. The summed E-state index contributed by atoms with van der Waals surface area (Å²) in [4.78, 5) is 0. The molecule has 0 saturated carbocycles. The van der Waals surface area contributed by atoms with Crippen molar-refractivity contribution in [2.24, 2.45) is 0 Å². The molecule has 192 valence electrons. The van der Waals surface area contributed by atoms with Gasteiger partial charge in [-0.05, 0) is 81.4 Å². The van der Waals surface area contributed by atoms with Crippen molar-refractivity contribution >= 4 is 8.32 Å². The van der Waals surface area contributed by atoms with Crippen molar-refractivity contribution in [3.63, 3.8) is 0 Å². The number of rotatable bonds is 17. The molecule has 0 aromatic heterocycles. The second kappa shape index (κ2) is 16.9. The van der Waals surface area contributed by atoms with E-state index in [9.17, 15) is 5.11 Å². The van der Waals surface area contributed by atoms with Gasteiger partial charge in [0.2, 0.25) is 0 Å². The Labute approximate surface area is 209 Å². The van der Waals surface area contributed by atoms with Gasteiger partial charge in [0.15, 0.2) is 8.32 Å². The third-order valence-electron chi connectivity index (χ3n) is 6.77. The van der Waals surface area contributed by atoms with Gasteiger partial charge in [0.1, 0.15) is 5.75 Å². The quantitative estimate of drug-likeness (QED) is 0.139. The lowest BCUT2D eigenvalue weighted by molar-refractivity contribution is 0.148. The summed E-state index contributed by atoms with van der Waals surface area (Å²) >= 11 is 0. The van der Waals surface area contributed by atoms with Crippen molar-refractivity contribution in [1.82, 2.24) is 0 Å². The lowest BCUT2D eigenvalue weighted by Gasteiger charge is -2.34. The van der Waals surface area contributed by atoms with Crippen LogP contribution in [-0.2, 0) is 15.8 Å². The largest absolute Gasteiger partial charge is 0.497 e. The third kappa shape index (κ3) is 11.2. The first-order chi connectivity index (χ1) is 16.3. The number of methoxy groups -OCH3 is 1. The second-order valence-electron chi connectivity index (χ2n) is 9.19. The summed E-state index contributed by atoms with van der Waals surface area (Å²) in [6.45, 7) is 14.5. The van der Waals surface area contributed by atoms with E-state index in [0.717, 1.165) is 54.3 Å². The Kier molecular flexibility index (Phi) is 15.1. The fourth-order valence-electron chi connectivity index (χ4n) is 3.88. The normalized spacial score (nSPS) is 14.4. The van der Waals surface area contributed by atoms with Crippen LogP contribution in [0.2, 0.25) is 18.1 Å². The minimum Gasteiger partial charge on any atom is -0.497 e. The summed E-state index contributed by atoms with van der Waals surface area (Å²) < 4.78 is 18.0. The standard InChI is InChI=1S/C29H48O4Si/c1-8-34(9-2,10-3)33-29(26(6)13-11-12-25(5)22-30)19-14-24(4)20-21-32-23-27-15-17-28(31-7)18-16-27/h12-13,15-18,20,29-30H,8-11,14,19,21-23H2,1-7H3/b24-20+,25-12+,26-13-/t29-/m0/s1. The molecule has 0 aliphatic heterocycles. The van der Waals surface area contributed by atoms with Gasteiger partial charge in [0.05, 0.1) is 33.0 Å². The van der Waals surface area contributed by atoms with E-state index in [1.165, 1.54) is 11.1 Å². The average molecular weight is 489 g/mol. The zero-order chi connectivity index (χ0) is 25.4. The minimum absolute atomic E-state index is 0.120. The highest BCUT2D eigenvalue weighted by molar-refractivity contribution is 6.73. The van der Waals surface area contributed by atoms with Crippen LogP contribution >= 0.6 is 0 Å². The van der Waals surface area contributed by atoms with Crippen LogP contribution in [-0.4, -0.2) is 39.9 Å². The number of benzene rings is 1. The molecule has 0 aliphatic rings. The smallest absolute Gasteiger partial charge is 0.192 e. The fourth-order valence-corrected chi connectivity index (χ4v) is 6.79. The van der Waals surface area contributed by atoms with Crippen molar-refractivity contribution in [1.29, 1.82) is 0 Å². The molecule has 1 rings (SSSR count). The Morgan fingerprint density at radius 1 is 0.941 bits per heavy atom. The molecule has 0 radical (unpaired) electrons. The van der Waals surface area contributed by atoms with Crippen molar-refractivity contribution < 1.29 is 19.0 Å². The Morgan fingerprint density at radius 2 is 1.59 bits per heavy atom. The Morgan fingerprint density at radius 3 is 2.15 bits per heavy atom. The van der Waals surface area contributed by atoms with E-state index in [4.69, 9.17) is 13.9 Å². The predicted octanol–water partition coefficient (Wildman–Crippen LogP) is 7.60. The first-order valence-corrected chi connectivity index (χ1v) is 15.3. The van der Waals surface area contributed by atoms with Gasteiger partial charge in [-0.15, -0.1) is 0 Å². The molecule has 0 fully saturated rings. The molecule has 0 aliphatic carbocycles. The first-order valence-electron chi connectivity index (χ1n) is 12.8. The lowest BCUT2D eigenvalue weighted by Crippen LogP contribution is -2.40. The van der Waals surface area contributed by atoms with E-state index in [0.29, 0.717) is 13.2 Å². The monoisotopic (exact) mass is 488 g/mol. The summed E-state index contributed by atoms with van der Waals surface area (Å²) in [5.74, 6) is 0.862. The summed E-state index contributed by atoms with van der Waals surface area (Å²) in [6.07, 6.45) is 9.52. The molecule has 0 bridgehead atoms. The molecule has 1 aromatic rings. The van der Waals surface area contributed by atoms with Gasteiger partial charge in [-0.25, -0.2) is 0 Å². The molecule has 5 heteroatoms. The molecule has 1 N–H and O–H groups in total. The number of hydrogen-bond donors (Lipinski definition) is 1. The maximum absolute atomic E-state index is 9.25. The number of hydrogen-bond acceptors (Lipinski definition) is 4. The van der Waals surface area contributed by atoms with Gasteiger partial charge in [0, 0.05) is 0 Å². The maximum Gasteiger partial charge on any atom is 0.192 e. The average Bonchev–Trinajstić information content (AvgIpc) is 2.87. The van der Waals surface area contributed by atoms with Crippen LogP contribution in [0.4, 0.5) is 0 Å². The Hall–Kier alpha value is -1.66. The summed E-state index contributed by atoms with van der Waals surface area (Å²) in [5.41, 5.74) is 4.79. The number of allylic oxidation sites excluding steroid dienone is 3. The number of ether oxygens (including phenoxy) is 2. The predicted molar refractivity (Wildman–Crippen MR) is 147 cm³/mol. The van der Waals surface area contributed by atoms with E-state index >= 15 is 0 Å². The van der Waals surface area contributed by atoms with Crippen LogP contribution < -0.4 is 4.74 Å². The molecular weight excluding hydrogens is 440 g/mol. The zero-order valence-corrected chi connectivity index (χ0v) is 23.7. The summed E-state index contributed by atoms with van der Waals surface area (Å²) in [7, 11) is -0.0314. The molecular formula is C29H48O4Si. The Balaban J connectivity index is 2.72. The van der Waals surface area contributed by atoms with Crippen molar-refractivity contribution in [3.05, 3.63) is 64.8 Å². The first kappa shape index (κ1) is 30.4. The van der Waals surface area contributed by atoms with Crippen molar-refractivity contribution in [2.45, 2.75) is 91.6 Å². The molecule has 0 spiro atoms. The third-order valence-corrected chi connectivity index (χ3v) is 11.4. The van der Waals surface area contributed by atoms with Crippen LogP contribution in [0.3, 0.4) is 0 Å². The Bertz CT molecular complexity index is 768. The molecule has 0 amide bonds. The zero-order valence-electron chi connectivity index (χ0n) is 22.7. The SMILES string of the molecule is CC[Si](CC)(CC)O[C@@H](CC/C(C)=C/COCc1ccc(OC)cc1)/C(C)=C\C/C=C(\C)CO. The van der Waals surface area contributed by atoms with E-state index in [2.05, 4.69) is 52.8 Å². The summed E-state index contributed by atoms with van der Waals surface area (Å²) in [6, 6.07) is 11.5. The molecule has 0 saturated heterocycles. The van der Waals surface area contributed by atoms with E-state index < -0.39 is 8.32 Å². The van der Waals surface area contributed by atoms with E-state index in [1.807, 2.05) is 31.2 Å². The van der Waals surface area contributed by atoms with Crippen LogP contribution in [0, 0.1) is 0 Å². The van der Waals surface area contributed by atoms with Crippen LogP contribution in [0.5, 0.6) is 5.75 Å². The lowest BCUT2D eigenvalue weighted by atomic mass is 10.0. The highest BCUT2D eigenvalue weighted by atomic mass is 28.4. The molecule has 0 heterocycles. The highest BCUT2D eigenvalue weighted by Crippen LogP contribution is 2.28. The van der Waals surface area contributed by atoms with Crippen molar-refractivity contribution in [3.8, 4) is 5.75 Å². The van der Waals surface area contributed by atoms with Crippen LogP contribution in [0.15, 0.2) is 59.2 Å². The van der Waals surface area contributed by atoms with Gasteiger partial charge < -0.3 is 19.0 Å². The summed E-state index contributed by atoms with van der Waals surface area (Å²) in [5, 5.41) is 9.25. The van der Waals surface area contributed by atoms with Gasteiger partial charge in [-0.3, -0.25) is 0 Å². The van der Waals surface area contributed by atoms with Crippen LogP contribution in [0.25, 0.3) is 0 Å². The number of aliphatic hydroxyl groups is 1.